The van der Waals surface area contributed by atoms with E-state index in [1.165, 1.54) is 17.0 Å². The summed E-state index contributed by atoms with van der Waals surface area (Å²) in [5.41, 5.74) is 1.12. The number of benzene rings is 2. The number of methoxy groups -OCH3 is 1. The fraction of sp³-hybridized carbons (Fsp3) is 0.222. The maximum absolute atomic E-state index is 12.3. The molecule has 2 aromatic rings. The van der Waals surface area contributed by atoms with Crippen LogP contribution in [0.25, 0.3) is 0 Å². The second-order valence-corrected chi connectivity index (χ2v) is 7.27. The Balaban J connectivity index is 1.97. The first-order valence-corrected chi connectivity index (χ1v) is 9.16. The summed E-state index contributed by atoms with van der Waals surface area (Å²) >= 11 is 15.2. The molecule has 0 aliphatic rings. The lowest BCUT2D eigenvalue weighted by molar-refractivity contribution is -0.129. The van der Waals surface area contributed by atoms with Gasteiger partial charge in [-0.1, -0.05) is 39.1 Å². The average molecular weight is 460 g/mol. The highest BCUT2D eigenvalue weighted by molar-refractivity contribution is 9.10. The van der Waals surface area contributed by atoms with Gasteiger partial charge in [0.15, 0.2) is 0 Å². The highest BCUT2D eigenvalue weighted by Gasteiger charge is 2.16. The molecule has 0 unspecified atom stereocenters. The van der Waals surface area contributed by atoms with Crippen LogP contribution in [-0.4, -0.2) is 37.4 Å². The van der Waals surface area contributed by atoms with Gasteiger partial charge in [-0.3, -0.25) is 9.59 Å². The SMILES string of the molecule is COc1ccc(Br)cc1CN(C)C(=O)CNC(=O)c1ccc(Cl)cc1Cl. The van der Waals surface area contributed by atoms with Crippen molar-refractivity contribution in [3.63, 3.8) is 0 Å². The van der Waals surface area contributed by atoms with E-state index in [4.69, 9.17) is 27.9 Å². The molecule has 0 heterocycles. The van der Waals surface area contributed by atoms with Crippen molar-refractivity contribution in [1.29, 1.82) is 0 Å². The molecule has 0 atom stereocenters. The average Bonchev–Trinajstić information content (AvgIpc) is 2.59. The second kappa shape index (κ2) is 9.26. The summed E-state index contributed by atoms with van der Waals surface area (Å²) in [5.74, 6) is 0.00347. The topological polar surface area (TPSA) is 58.6 Å². The Morgan fingerprint density at radius 2 is 1.92 bits per heavy atom. The number of hydrogen-bond acceptors (Lipinski definition) is 3. The van der Waals surface area contributed by atoms with Gasteiger partial charge in [-0.2, -0.15) is 0 Å². The Morgan fingerprint density at radius 1 is 1.19 bits per heavy atom. The van der Waals surface area contributed by atoms with Crippen LogP contribution in [0.15, 0.2) is 40.9 Å². The zero-order valence-corrected chi connectivity index (χ0v) is 17.3. The lowest BCUT2D eigenvalue weighted by Gasteiger charge is -2.19. The summed E-state index contributed by atoms with van der Waals surface area (Å²) < 4.78 is 6.19. The van der Waals surface area contributed by atoms with Crippen molar-refractivity contribution in [1.82, 2.24) is 10.2 Å². The van der Waals surface area contributed by atoms with Gasteiger partial charge in [-0.25, -0.2) is 0 Å². The Bertz CT molecular complexity index is 830. The molecule has 0 bridgehead atoms. The lowest BCUT2D eigenvalue weighted by Crippen LogP contribution is -2.38. The van der Waals surface area contributed by atoms with Gasteiger partial charge in [0.2, 0.25) is 5.91 Å². The first-order chi connectivity index (χ1) is 12.3. The summed E-state index contributed by atoms with van der Waals surface area (Å²) in [6.45, 7) is 0.198. The van der Waals surface area contributed by atoms with E-state index < -0.39 is 5.91 Å². The zero-order valence-electron chi connectivity index (χ0n) is 14.2. The molecule has 1 N–H and O–H groups in total. The number of carbonyl (C=O) groups excluding carboxylic acids is 2. The fourth-order valence-electron chi connectivity index (χ4n) is 2.27. The lowest BCUT2D eigenvalue weighted by atomic mass is 10.2. The maximum atomic E-state index is 12.3. The Labute approximate surface area is 170 Å². The third-order valence-corrected chi connectivity index (χ3v) is 4.69. The minimum Gasteiger partial charge on any atom is -0.496 e. The third kappa shape index (κ3) is 5.37. The normalized spacial score (nSPS) is 10.3. The van der Waals surface area contributed by atoms with Crippen molar-refractivity contribution in [2.45, 2.75) is 6.54 Å². The van der Waals surface area contributed by atoms with Crippen molar-refractivity contribution in [3.8, 4) is 5.75 Å². The molecule has 0 fully saturated rings. The molecule has 2 amide bonds. The van der Waals surface area contributed by atoms with Gasteiger partial charge >= 0.3 is 0 Å². The number of amides is 2. The molecule has 0 saturated carbocycles. The Hall–Kier alpha value is -1.76. The third-order valence-electron chi connectivity index (χ3n) is 3.65. The molecule has 8 heteroatoms. The van der Waals surface area contributed by atoms with Crippen molar-refractivity contribution in [3.05, 3.63) is 62.0 Å². The van der Waals surface area contributed by atoms with Crippen LogP contribution in [0.1, 0.15) is 15.9 Å². The number of ether oxygens (including phenoxy) is 1. The molecule has 0 spiro atoms. The molecule has 2 rings (SSSR count). The molecular weight excluding hydrogens is 443 g/mol. The van der Waals surface area contributed by atoms with Crippen LogP contribution in [0.3, 0.4) is 0 Å². The van der Waals surface area contributed by atoms with Gasteiger partial charge in [0.1, 0.15) is 5.75 Å². The van der Waals surface area contributed by atoms with Crippen LogP contribution >= 0.6 is 39.1 Å². The summed E-state index contributed by atoms with van der Waals surface area (Å²) in [6.07, 6.45) is 0. The second-order valence-electron chi connectivity index (χ2n) is 5.51. The Morgan fingerprint density at radius 3 is 2.58 bits per heavy atom. The zero-order chi connectivity index (χ0) is 19.3. The van der Waals surface area contributed by atoms with Gasteiger partial charge in [-0.15, -0.1) is 0 Å². The van der Waals surface area contributed by atoms with Crippen LogP contribution in [0.4, 0.5) is 0 Å². The number of halogens is 3. The Kier molecular flexibility index (Phi) is 7.32. The summed E-state index contributed by atoms with van der Waals surface area (Å²) in [4.78, 5) is 26.0. The minimum absolute atomic E-state index is 0.148. The summed E-state index contributed by atoms with van der Waals surface area (Å²) in [7, 11) is 3.23. The summed E-state index contributed by atoms with van der Waals surface area (Å²) in [6, 6.07) is 10.1. The first kappa shape index (κ1) is 20.6. The molecular formula is C18H17BrCl2N2O3. The van der Waals surface area contributed by atoms with Crippen molar-refractivity contribution in [2.75, 3.05) is 20.7 Å². The smallest absolute Gasteiger partial charge is 0.253 e. The number of rotatable bonds is 6. The molecule has 0 saturated heterocycles. The highest BCUT2D eigenvalue weighted by atomic mass is 79.9. The molecule has 5 nitrogen and oxygen atoms in total. The first-order valence-electron chi connectivity index (χ1n) is 7.61. The fourth-order valence-corrected chi connectivity index (χ4v) is 3.18. The van der Waals surface area contributed by atoms with Crippen LogP contribution in [-0.2, 0) is 11.3 Å². The quantitative estimate of drug-likeness (QED) is 0.705. The monoisotopic (exact) mass is 458 g/mol. The van der Waals surface area contributed by atoms with Gasteiger partial charge < -0.3 is 15.0 Å². The predicted octanol–water partition coefficient (Wildman–Crippen LogP) is 4.15. The van der Waals surface area contributed by atoms with E-state index in [1.807, 2.05) is 18.2 Å². The maximum Gasteiger partial charge on any atom is 0.253 e. The molecule has 2 aromatic carbocycles. The largest absolute Gasteiger partial charge is 0.496 e. The van der Waals surface area contributed by atoms with E-state index in [0.29, 0.717) is 17.3 Å². The van der Waals surface area contributed by atoms with E-state index in [2.05, 4.69) is 21.2 Å². The minimum atomic E-state index is -0.437. The van der Waals surface area contributed by atoms with Crippen LogP contribution < -0.4 is 10.1 Å². The number of nitrogens with one attached hydrogen (secondary N) is 1. The van der Waals surface area contributed by atoms with Crippen molar-refractivity contribution >= 4 is 50.9 Å². The van der Waals surface area contributed by atoms with Crippen LogP contribution in [0, 0.1) is 0 Å². The van der Waals surface area contributed by atoms with Gasteiger partial charge in [-0.05, 0) is 36.4 Å². The number of hydrogen-bond donors (Lipinski definition) is 1. The number of likely N-dealkylation sites (N-methyl/N-ethyl adjacent to an activating group) is 1. The standard InChI is InChI=1S/C18H17BrCl2N2O3/c1-23(10-11-7-12(19)3-6-16(11)26-2)17(24)9-22-18(25)14-5-4-13(20)8-15(14)21/h3-8H,9-10H2,1-2H3,(H,22,25). The molecule has 0 aliphatic heterocycles. The number of nitrogens with zero attached hydrogens (tertiary/aromatic N) is 1. The molecule has 0 radical (unpaired) electrons. The predicted molar refractivity (Wildman–Crippen MR) is 106 cm³/mol. The van der Waals surface area contributed by atoms with Crippen LogP contribution in [0.5, 0.6) is 5.75 Å². The molecule has 0 aliphatic carbocycles. The van der Waals surface area contributed by atoms with Crippen molar-refractivity contribution < 1.29 is 14.3 Å². The molecule has 26 heavy (non-hydrogen) atoms. The van der Waals surface area contributed by atoms with Crippen LogP contribution in [0.2, 0.25) is 10.0 Å². The van der Waals surface area contributed by atoms with Crippen molar-refractivity contribution in [2.24, 2.45) is 0 Å². The van der Waals surface area contributed by atoms with E-state index >= 15 is 0 Å². The highest BCUT2D eigenvalue weighted by Crippen LogP contribution is 2.24. The molecule has 138 valence electrons. The van der Waals surface area contributed by atoms with Gasteiger partial charge in [0.25, 0.3) is 5.91 Å². The van der Waals surface area contributed by atoms with E-state index in [9.17, 15) is 9.59 Å². The number of carbonyl (C=O) groups is 2. The summed E-state index contributed by atoms with van der Waals surface area (Å²) in [5, 5.41) is 3.23. The van der Waals surface area contributed by atoms with E-state index in [1.54, 1.807) is 20.2 Å². The van der Waals surface area contributed by atoms with E-state index in [0.717, 1.165) is 10.0 Å². The van der Waals surface area contributed by atoms with Gasteiger partial charge in [0.05, 0.1) is 24.2 Å². The molecule has 0 aromatic heterocycles. The van der Waals surface area contributed by atoms with E-state index in [-0.39, 0.29) is 23.0 Å². The van der Waals surface area contributed by atoms with Gasteiger partial charge in [0, 0.05) is 28.7 Å².